The number of alkyl halides is 3. The van der Waals surface area contributed by atoms with Crippen molar-refractivity contribution in [1.29, 1.82) is 0 Å². The van der Waals surface area contributed by atoms with E-state index in [-0.39, 0.29) is 34.3 Å². The van der Waals surface area contributed by atoms with Gasteiger partial charge in [-0.15, -0.1) is 0 Å². The first-order valence-corrected chi connectivity index (χ1v) is 9.15. The van der Waals surface area contributed by atoms with Gasteiger partial charge in [-0.05, 0) is 36.8 Å². The summed E-state index contributed by atoms with van der Waals surface area (Å²) in [6.07, 6.45) is 0.141. The zero-order valence-electron chi connectivity index (χ0n) is 16.0. The minimum Gasteiger partial charge on any atom is -0.504 e. The van der Waals surface area contributed by atoms with Crippen molar-refractivity contribution in [3.8, 4) is 33.9 Å². The second kappa shape index (κ2) is 8.46. The van der Waals surface area contributed by atoms with Gasteiger partial charge in [0.15, 0.2) is 11.5 Å². The Hall–Kier alpha value is -3.16. The Kier molecular flexibility index (Phi) is 6.00. The molecule has 2 heterocycles. The van der Waals surface area contributed by atoms with E-state index in [4.69, 9.17) is 9.15 Å². The lowest BCUT2D eigenvalue weighted by atomic mass is 10.0. The number of furan rings is 1. The SMILES string of the molecule is CCCCOc1ccc(C(F)(F)F)cc1-c1c(NC)oc(-c2cccnc2)c1O. The molecule has 0 aliphatic heterocycles. The monoisotopic (exact) mass is 406 g/mol. The van der Waals surface area contributed by atoms with E-state index in [1.54, 1.807) is 25.4 Å². The number of hydrogen-bond donors (Lipinski definition) is 2. The lowest BCUT2D eigenvalue weighted by Crippen LogP contribution is -2.06. The fourth-order valence-electron chi connectivity index (χ4n) is 2.90. The van der Waals surface area contributed by atoms with Gasteiger partial charge >= 0.3 is 6.18 Å². The van der Waals surface area contributed by atoms with Crippen molar-refractivity contribution in [1.82, 2.24) is 4.98 Å². The predicted molar refractivity (Wildman–Crippen MR) is 104 cm³/mol. The van der Waals surface area contributed by atoms with Crippen LogP contribution >= 0.6 is 0 Å². The van der Waals surface area contributed by atoms with E-state index in [9.17, 15) is 18.3 Å². The minimum absolute atomic E-state index is 0.0941. The van der Waals surface area contributed by atoms with Crippen molar-refractivity contribution >= 4 is 5.88 Å². The molecule has 0 radical (unpaired) electrons. The number of benzene rings is 1. The summed E-state index contributed by atoms with van der Waals surface area (Å²) in [5.41, 5.74) is -0.158. The van der Waals surface area contributed by atoms with Gasteiger partial charge in [-0.2, -0.15) is 13.2 Å². The van der Waals surface area contributed by atoms with Crippen LogP contribution < -0.4 is 10.1 Å². The minimum atomic E-state index is -4.54. The standard InChI is InChI=1S/C21H21F3N2O3/c1-3-4-10-28-16-8-7-14(21(22,23)24)11-15(16)17-18(27)19(29-20(17)25-2)13-6-5-9-26-12-13/h5-9,11-12,25,27H,3-4,10H2,1-2H3. The van der Waals surface area contributed by atoms with Crippen molar-refractivity contribution < 1.29 is 27.4 Å². The van der Waals surface area contributed by atoms with Gasteiger partial charge in [0.2, 0.25) is 5.88 Å². The highest BCUT2D eigenvalue weighted by Crippen LogP contribution is 2.49. The third-order valence-electron chi connectivity index (χ3n) is 4.37. The van der Waals surface area contributed by atoms with Crippen molar-refractivity contribution in [3.05, 3.63) is 48.3 Å². The highest BCUT2D eigenvalue weighted by Gasteiger charge is 2.33. The zero-order chi connectivity index (χ0) is 21.0. The van der Waals surface area contributed by atoms with Crippen LogP contribution in [0, 0.1) is 0 Å². The fourth-order valence-corrected chi connectivity index (χ4v) is 2.90. The number of nitrogens with one attached hydrogen (secondary N) is 1. The Balaban J connectivity index is 2.18. The van der Waals surface area contributed by atoms with Gasteiger partial charge in [0.05, 0.1) is 17.7 Å². The maximum absolute atomic E-state index is 13.3. The van der Waals surface area contributed by atoms with Crippen LogP contribution in [-0.2, 0) is 6.18 Å². The maximum atomic E-state index is 13.3. The molecule has 0 aliphatic rings. The van der Waals surface area contributed by atoms with Gasteiger partial charge in [-0.25, -0.2) is 0 Å². The van der Waals surface area contributed by atoms with Crippen LogP contribution in [0.4, 0.5) is 19.1 Å². The lowest BCUT2D eigenvalue weighted by molar-refractivity contribution is -0.137. The molecule has 0 amide bonds. The largest absolute Gasteiger partial charge is 0.504 e. The van der Waals surface area contributed by atoms with E-state index in [0.29, 0.717) is 12.2 Å². The van der Waals surface area contributed by atoms with Crippen LogP contribution in [0.2, 0.25) is 0 Å². The molecule has 0 atom stereocenters. The summed E-state index contributed by atoms with van der Waals surface area (Å²) in [5, 5.41) is 13.6. The Morgan fingerprint density at radius 2 is 2.03 bits per heavy atom. The molecule has 0 bridgehead atoms. The number of unbranched alkanes of at least 4 members (excludes halogenated alkanes) is 1. The number of nitrogens with zero attached hydrogens (tertiary/aromatic N) is 1. The van der Waals surface area contributed by atoms with Crippen molar-refractivity contribution in [2.24, 2.45) is 0 Å². The number of hydrogen-bond acceptors (Lipinski definition) is 5. The zero-order valence-corrected chi connectivity index (χ0v) is 16.0. The predicted octanol–water partition coefficient (Wildman–Crippen LogP) is 5.95. The van der Waals surface area contributed by atoms with Crippen LogP contribution in [0.3, 0.4) is 0 Å². The average Bonchev–Trinajstić information content (AvgIpc) is 3.04. The topological polar surface area (TPSA) is 67.5 Å². The molecule has 1 aromatic carbocycles. The van der Waals surface area contributed by atoms with E-state index in [2.05, 4.69) is 10.3 Å². The Morgan fingerprint density at radius 3 is 2.66 bits per heavy atom. The number of anilines is 1. The molecule has 2 N–H and O–H groups in total. The van der Waals surface area contributed by atoms with Crippen LogP contribution in [0.25, 0.3) is 22.5 Å². The molecule has 5 nitrogen and oxygen atoms in total. The number of aromatic hydroxyl groups is 1. The van der Waals surface area contributed by atoms with Gasteiger partial charge in [-0.1, -0.05) is 13.3 Å². The van der Waals surface area contributed by atoms with Gasteiger partial charge < -0.3 is 19.6 Å². The van der Waals surface area contributed by atoms with Crippen LogP contribution in [0.15, 0.2) is 47.1 Å². The highest BCUT2D eigenvalue weighted by molar-refractivity contribution is 5.89. The average molecular weight is 406 g/mol. The summed E-state index contributed by atoms with van der Waals surface area (Å²) >= 11 is 0. The number of halogens is 3. The van der Waals surface area contributed by atoms with Gasteiger partial charge in [-0.3, -0.25) is 4.98 Å². The second-order valence-corrected chi connectivity index (χ2v) is 6.39. The maximum Gasteiger partial charge on any atom is 0.416 e. The fraction of sp³-hybridized carbons (Fsp3) is 0.286. The van der Waals surface area contributed by atoms with Gasteiger partial charge in [0, 0.05) is 30.6 Å². The molecule has 0 unspecified atom stereocenters. The molecule has 3 rings (SSSR count). The Bertz CT molecular complexity index is 969. The highest BCUT2D eigenvalue weighted by atomic mass is 19.4. The first-order valence-electron chi connectivity index (χ1n) is 9.15. The molecule has 0 aliphatic carbocycles. The molecule has 0 fully saturated rings. The molecular formula is C21H21F3N2O3. The summed E-state index contributed by atoms with van der Waals surface area (Å²) in [6.45, 7) is 2.33. The van der Waals surface area contributed by atoms with Crippen LogP contribution in [-0.4, -0.2) is 23.7 Å². The second-order valence-electron chi connectivity index (χ2n) is 6.39. The summed E-state index contributed by atoms with van der Waals surface area (Å²) in [7, 11) is 1.56. The molecule has 29 heavy (non-hydrogen) atoms. The molecule has 3 aromatic rings. The van der Waals surface area contributed by atoms with E-state index >= 15 is 0 Å². The lowest BCUT2D eigenvalue weighted by Gasteiger charge is -2.15. The summed E-state index contributed by atoms with van der Waals surface area (Å²) in [6, 6.07) is 6.53. The van der Waals surface area contributed by atoms with Crippen molar-refractivity contribution in [2.75, 3.05) is 19.0 Å². The number of rotatable bonds is 7. The van der Waals surface area contributed by atoms with E-state index < -0.39 is 11.7 Å². The van der Waals surface area contributed by atoms with E-state index in [1.807, 2.05) is 6.92 Å². The molecule has 8 heteroatoms. The van der Waals surface area contributed by atoms with E-state index in [1.165, 1.54) is 12.3 Å². The number of ether oxygens (including phenoxy) is 1. The third kappa shape index (κ3) is 4.31. The van der Waals surface area contributed by atoms with E-state index in [0.717, 1.165) is 25.0 Å². The molecule has 0 saturated heterocycles. The quantitative estimate of drug-likeness (QED) is 0.474. The van der Waals surface area contributed by atoms with Crippen LogP contribution in [0.1, 0.15) is 25.3 Å². The van der Waals surface area contributed by atoms with Crippen molar-refractivity contribution in [2.45, 2.75) is 25.9 Å². The molecular weight excluding hydrogens is 385 g/mol. The summed E-state index contributed by atoms with van der Waals surface area (Å²) in [5.74, 6) is 0.175. The Morgan fingerprint density at radius 1 is 1.24 bits per heavy atom. The number of aromatic nitrogens is 1. The normalized spacial score (nSPS) is 11.5. The number of pyridine rings is 1. The first kappa shape index (κ1) is 20.6. The van der Waals surface area contributed by atoms with Crippen LogP contribution in [0.5, 0.6) is 11.5 Å². The van der Waals surface area contributed by atoms with Gasteiger partial charge in [0.25, 0.3) is 0 Å². The Labute approximate surface area is 166 Å². The summed E-state index contributed by atoms with van der Waals surface area (Å²) in [4.78, 5) is 3.99. The van der Waals surface area contributed by atoms with Crippen molar-refractivity contribution in [3.63, 3.8) is 0 Å². The third-order valence-corrected chi connectivity index (χ3v) is 4.37. The first-order chi connectivity index (χ1) is 13.9. The molecule has 154 valence electrons. The molecule has 0 spiro atoms. The molecule has 2 aromatic heterocycles. The smallest absolute Gasteiger partial charge is 0.416 e. The summed E-state index contributed by atoms with van der Waals surface area (Å²) < 4.78 is 51.4. The molecule has 0 saturated carbocycles. The van der Waals surface area contributed by atoms with Gasteiger partial charge in [0.1, 0.15) is 5.75 Å².